The Bertz CT molecular complexity index is 3780. The Hall–Kier alpha value is -8.19. The van der Waals surface area contributed by atoms with Crippen molar-refractivity contribution in [2.24, 2.45) is 0 Å². The number of benzene rings is 9. The third-order valence-corrected chi connectivity index (χ3v) is 13.5. The van der Waals surface area contributed by atoms with Gasteiger partial charge in [0.1, 0.15) is 0 Å². The first-order valence-corrected chi connectivity index (χ1v) is 22.0. The second-order valence-corrected chi connectivity index (χ2v) is 17.0. The molecule has 0 aliphatic rings. The lowest BCUT2D eigenvalue weighted by molar-refractivity contribution is 1.08. The molecule has 294 valence electrons. The Morgan fingerprint density at radius 2 is 0.841 bits per heavy atom. The van der Waals surface area contributed by atoms with Gasteiger partial charge in [0.05, 0.1) is 22.1 Å². The van der Waals surface area contributed by atoms with Crippen LogP contribution in [0.4, 0.5) is 0 Å². The molecular formula is C57H35N5S. The molecule has 4 heterocycles. The van der Waals surface area contributed by atoms with Gasteiger partial charge in [-0.3, -0.25) is 0 Å². The molecule has 0 radical (unpaired) electrons. The minimum atomic E-state index is 0.633. The van der Waals surface area contributed by atoms with Crippen molar-refractivity contribution >= 4 is 75.1 Å². The second-order valence-electron chi connectivity index (χ2n) is 15.9. The summed E-state index contributed by atoms with van der Waals surface area (Å²) in [6, 6.07) is 75.5. The summed E-state index contributed by atoms with van der Waals surface area (Å²) >= 11 is 1.87. The van der Waals surface area contributed by atoms with Crippen molar-refractivity contribution in [2.75, 3.05) is 0 Å². The van der Waals surface area contributed by atoms with Gasteiger partial charge in [-0.1, -0.05) is 164 Å². The Morgan fingerprint density at radius 1 is 0.317 bits per heavy atom. The molecule has 0 N–H and O–H groups in total. The molecule has 13 rings (SSSR count). The summed E-state index contributed by atoms with van der Waals surface area (Å²) in [5.41, 5.74) is 12.1. The number of nitrogens with zero attached hydrogens (tertiary/aromatic N) is 5. The zero-order valence-corrected chi connectivity index (χ0v) is 34.7. The van der Waals surface area contributed by atoms with Crippen LogP contribution in [0.5, 0.6) is 0 Å². The van der Waals surface area contributed by atoms with Gasteiger partial charge in [-0.25, -0.2) is 15.0 Å². The molecule has 0 saturated heterocycles. The smallest absolute Gasteiger partial charge is 0.164 e. The highest BCUT2D eigenvalue weighted by atomic mass is 32.1. The van der Waals surface area contributed by atoms with Crippen molar-refractivity contribution in [3.05, 3.63) is 212 Å². The molecule has 0 aliphatic heterocycles. The molecule has 0 saturated carbocycles. The zero-order valence-electron chi connectivity index (χ0n) is 33.9. The van der Waals surface area contributed by atoms with Gasteiger partial charge >= 0.3 is 0 Å². The second kappa shape index (κ2) is 14.2. The van der Waals surface area contributed by atoms with Crippen molar-refractivity contribution in [3.8, 4) is 56.7 Å². The van der Waals surface area contributed by atoms with E-state index in [9.17, 15) is 0 Å². The van der Waals surface area contributed by atoms with Crippen LogP contribution >= 0.6 is 11.3 Å². The third-order valence-electron chi connectivity index (χ3n) is 12.4. The maximum absolute atomic E-state index is 5.29. The van der Waals surface area contributed by atoms with Gasteiger partial charge in [0, 0.05) is 75.3 Å². The number of rotatable bonds is 6. The molecule has 5 nitrogen and oxygen atoms in total. The quantitative estimate of drug-likeness (QED) is 0.168. The lowest BCUT2D eigenvalue weighted by Gasteiger charge is -2.10. The predicted molar refractivity (Wildman–Crippen MR) is 263 cm³/mol. The van der Waals surface area contributed by atoms with Gasteiger partial charge in [0.15, 0.2) is 17.5 Å². The van der Waals surface area contributed by atoms with Crippen LogP contribution in [-0.2, 0) is 0 Å². The van der Waals surface area contributed by atoms with E-state index < -0.39 is 0 Å². The van der Waals surface area contributed by atoms with E-state index >= 15 is 0 Å². The number of hydrogen-bond donors (Lipinski definition) is 0. The molecule has 4 aromatic heterocycles. The highest BCUT2D eigenvalue weighted by Crippen LogP contribution is 2.50. The van der Waals surface area contributed by atoms with Crippen molar-refractivity contribution < 1.29 is 0 Å². The van der Waals surface area contributed by atoms with E-state index in [4.69, 9.17) is 15.0 Å². The van der Waals surface area contributed by atoms with E-state index in [0.29, 0.717) is 17.5 Å². The van der Waals surface area contributed by atoms with E-state index in [0.717, 1.165) is 44.5 Å². The molecule has 0 spiro atoms. The standard InChI is InChI=1S/C57H35N5S/c1-5-18-36(19-6-1)45-35-49-53(52-43-33-32-40(34-50(43)63-54(45)52)62-46-29-15-13-26-41(46)42-27-14-16-30-47(42)62)51-44(28-17-31-48(51)61(49)39-24-11-4-12-25-39)57-59-55(37-20-7-2-8-21-37)58-56(60-57)38-22-9-3-10-23-38/h1-35H. The molecule has 9 aromatic carbocycles. The lowest BCUT2D eigenvalue weighted by Crippen LogP contribution is -2.00. The molecule has 0 unspecified atom stereocenters. The molecule has 0 aliphatic carbocycles. The molecular weight excluding hydrogens is 787 g/mol. The van der Waals surface area contributed by atoms with Crippen LogP contribution in [0.25, 0.3) is 120 Å². The SMILES string of the molecule is c1ccc(-c2nc(-c3ccccc3)nc(-c3cccc4c3c3c5c(sc6cc(-n7c8ccccc8c8ccccc87)ccc65)c(-c5ccccc5)cc3n4-c3ccccc3)n2)cc1. The summed E-state index contributed by atoms with van der Waals surface area (Å²) in [5.74, 6) is 1.91. The van der Waals surface area contributed by atoms with Gasteiger partial charge in [-0.15, -0.1) is 11.3 Å². The first kappa shape index (κ1) is 35.6. The summed E-state index contributed by atoms with van der Waals surface area (Å²) in [5, 5.41) is 7.24. The van der Waals surface area contributed by atoms with Crippen LogP contribution in [0.1, 0.15) is 0 Å². The van der Waals surface area contributed by atoms with E-state index in [1.165, 1.54) is 58.5 Å². The maximum Gasteiger partial charge on any atom is 0.164 e. The van der Waals surface area contributed by atoms with E-state index in [-0.39, 0.29) is 0 Å². The van der Waals surface area contributed by atoms with Crippen LogP contribution in [0.2, 0.25) is 0 Å². The topological polar surface area (TPSA) is 48.5 Å². The summed E-state index contributed by atoms with van der Waals surface area (Å²) in [7, 11) is 0. The van der Waals surface area contributed by atoms with Gasteiger partial charge in [0.25, 0.3) is 0 Å². The van der Waals surface area contributed by atoms with Gasteiger partial charge in [0.2, 0.25) is 0 Å². The lowest BCUT2D eigenvalue weighted by atomic mass is 9.96. The van der Waals surface area contributed by atoms with Crippen molar-refractivity contribution in [1.82, 2.24) is 24.1 Å². The zero-order chi connectivity index (χ0) is 41.4. The molecule has 0 fully saturated rings. The summed E-state index contributed by atoms with van der Waals surface area (Å²) < 4.78 is 7.31. The molecule has 6 heteroatoms. The Labute approximate surface area is 366 Å². The van der Waals surface area contributed by atoms with Gasteiger partial charge < -0.3 is 9.13 Å². The van der Waals surface area contributed by atoms with Crippen LogP contribution in [0, 0.1) is 0 Å². The summed E-state index contributed by atoms with van der Waals surface area (Å²) in [6.45, 7) is 0. The van der Waals surface area contributed by atoms with Crippen LogP contribution in [0.15, 0.2) is 212 Å². The fraction of sp³-hybridized carbons (Fsp3) is 0. The number of aromatic nitrogens is 5. The fourth-order valence-corrected chi connectivity index (χ4v) is 10.9. The van der Waals surface area contributed by atoms with Crippen molar-refractivity contribution in [3.63, 3.8) is 0 Å². The first-order valence-electron chi connectivity index (χ1n) is 21.2. The number of para-hydroxylation sites is 3. The van der Waals surface area contributed by atoms with Crippen molar-refractivity contribution in [2.45, 2.75) is 0 Å². The number of thiophene rings is 1. The van der Waals surface area contributed by atoms with E-state index in [2.05, 4.69) is 185 Å². The van der Waals surface area contributed by atoms with E-state index in [1.54, 1.807) is 0 Å². The largest absolute Gasteiger partial charge is 0.309 e. The maximum atomic E-state index is 5.29. The Morgan fingerprint density at radius 3 is 1.48 bits per heavy atom. The minimum absolute atomic E-state index is 0.633. The molecule has 0 atom stereocenters. The number of fused-ring (bicyclic) bond motifs is 10. The summed E-state index contributed by atoms with van der Waals surface area (Å²) in [6.07, 6.45) is 0. The third kappa shape index (κ3) is 5.59. The monoisotopic (exact) mass is 821 g/mol. The Kier molecular flexibility index (Phi) is 8.01. The average Bonchev–Trinajstić information content (AvgIpc) is 4.02. The van der Waals surface area contributed by atoms with Gasteiger partial charge in [-0.2, -0.15) is 0 Å². The normalized spacial score (nSPS) is 11.8. The predicted octanol–water partition coefficient (Wildman–Crippen LogP) is 15.1. The molecule has 13 aromatic rings. The van der Waals surface area contributed by atoms with Crippen LogP contribution in [-0.4, -0.2) is 24.1 Å². The van der Waals surface area contributed by atoms with E-state index in [1.807, 2.05) is 47.7 Å². The minimum Gasteiger partial charge on any atom is -0.309 e. The average molecular weight is 822 g/mol. The van der Waals surface area contributed by atoms with Crippen LogP contribution in [0.3, 0.4) is 0 Å². The van der Waals surface area contributed by atoms with Crippen LogP contribution < -0.4 is 0 Å². The molecule has 63 heavy (non-hydrogen) atoms. The Balaban J connectivity index is 1.17. The highest BCUT2D eigenvalue weighted by Gasteiger charge is 2.25. The van der Waals surface area contributed by atoms with Crippen molar-refractivity contribution in [1.29, 1.82) is 0 Å². The molecule has 0 amide bonds. The highest BCUT2D eigenvalue weighted by molar-refractivity contribution is 7.26. The molecule has 0 bridgehead atoms. The summed E-state index contributed by atoms with van der Waals surface area (Å²) in [4.78, 5) is 15.6. The number of hydrogen-bond acceptors (Lipinski definition) is 4. The fourth-order valence-electron chi connectivity index (χ4n) is 9.62. The van der Waals surface area contributed by atoms with Gasteiger partial charge in [-0.05, 0) is 54.1 Å². The first-order chi connectivity index (χ1) is 31.3.